The third-order valence-electron chi connectivity index (χ3n) is 3.03. The summed E-state index contributed by atoms with van der Waals surface area (Å²) < 4.78 is 4.62. The molecule has 112 valence electrons. The molecule has 2 aromatic carbocycles. The summed E-state index contributed by atoms with van der Waals surface area (Å²) in [7, 11) is 0. The lowest BCUT2D eigenvalue weighted by atomic mass is 10.0. The molecule has 0 aliphatic heterocycles. The fourth-order valence-corrected chi connectivity index (χ4v) is 1.93. The zero-order valence-corrected chi connectivity index (χ0v) is 12.0. The summed E-state index contributed by atoms with van der Waals surface area (Å²) in [4.78, 5) is 10.5. The van der Waals surface area contributed by atoms with Crippen LogP contribution in [0.25, 0.3) is 0 Å². The van der Waals surface area contributed by atoms with E-state index in [1.165, 1.54) is 0 Å². The number of amides is 1. The number of carbonyl (C=O) groups excluding carboxylic acids is 1. The molecule has 0 spiro atoms. The van der Waals surface area contributed by atoms with Gasteiger partial charge in [0.2, 0.25) is 0 Å². The largest absolute Gasteiger partial charge is 0.450 e. The van der Waals surface area contributed by atoms with Gasteiger partial charge in [-0.1, -0.05) is 42.2 Å². The highest BCUT2D eigenvalue weighted by atomic mass is 16.5. The second kappa shape index (κ2) is 7.87. The second-order valence-electron chi connectivity index (χ2n) is 4.71. The van der Waals surface area contributed by atoms with Gasteiger partial charge < -0.3 is 15.6 Å². The highest BCUT2D eigenvalue weighted by Gasteiger charge is 2.08. The van der Waals surface area contributed by atoms with Gasteiger partial charge in [0, 0.05) is 17.5 Å². The van der Waals surface area contributed by atoms with Crippen molar-refractivity contribution >= 4 is 6.09 Å². The van der Waals surface area contributed by atoms with Crippen LogP contribution in [0.15, 0.2) is 54.6 Å². The Bertz CT molecular complexity index is 686. The third kappa shape index (κ3) is 4.97. The minimum Gasteiger partial charge on any atom is -0.450 e. The molecule has 0 fully saturated rings. The average molecular weight is 295 g/mol. The predicted molar refractivity (Wildman–Crippen MR) is 84.0 cm³/mol. The molecule has 4 heteroatoms. The van der Waals surface area contributed by atoms with E-state index in [1.807, 2.05) is 54.6 Å². The Morgan fingerprint density at radius 2 is 1.77 bits per heavy atom. The normalized spacial score (nSPS) is 11.1. The lowest BCUT2D eigenvalue weighted by Gasteiger charge is -2.10. The molecule has 0 saturated heterocycles. The first kappa shape index (κ1) is 15.6. The molecule has 1 atom stereocenters. The fraction of sp³-hybridized carbons (Fsp3) is 0.167. The van der Waals surface area contributed by atoms with E-state index in [4.69, 9.17) is 5.73 Å². The number of carbonyl (C=O) groups is 1. The van der Waals surface area contributed by atoms with Crippen LogP contribution >= 0.6 is 0 Å². The van der Waals surface area contributed by atoms with Crippen molar-refractivity contribution in [1.82, 2.24) is 0 Å². The van der Waals surface area contributed by atoms with Gasteiger partial charge in [0.1, 0.15) is 0 Å². The van der Waals surface area contributed by atoms with E-state index >= 15 is 0 Å². The summed E-state index contributed by atoms with van der Waals surface area (Å²) in [6, 6.07) is 17.0. The number of hydrogen-bond acceptors (Lipinski definition) is 3. The van der Waals surface area contributed by atoms with Crippen LogP contribution in [0.5, 0.6) is 0 Å². The van der Waals surface area contributed by atoms with Gasteiger partial charge in [-0.3, -0.25) is 0 Å². The number of aliphatic hydroxyl groups is 1. The van der Waals surface area contributed by atoms with Crippen LogP contribution in [-0.4, -0.2) is 17.8 Å². The van der Waals surface area contributed by atoms with Crippen LogP contribution in [0.1, 0.15) is 29.2 Å². The Balaban J connectivity index is 2.04. The van der Waals surface area contributed by atoms with Crippen LogP contribution in [-0.2, 0) is 4.74 Å². The molecule has 2 rings (SSSR count). The summed E-state index contributed by atoms with van der Waals surface area (Å²) >= 11 is 0. The standard InChI is InChI=1S/C18H17NO3/c19-18(21)22-12-11-17(20)16-8-4-7-15(13-16)10-9-14-5-2-1-3-6-14/h1-8,13,17,20H,11-12H2,(H2,19,21). The van der Waals surface area contributed by atoms with Crippen molar-refractivity contribution in [2.45, 2.75) is 12.5 Å². The summed E-state index contributed by atoms with van der Waals surface area (Å²) in [5, 5.41) is 10.1. The number of aliphatic hydroxyl groups excluding tert-OH is 1. The SMILES string of the molecule is NC(=O)OCCC(O)c1cccc(C#Cc2ccccc2)c1. The molecule has 1 unspecified atom stereocenters. The van der Waals surface area contributed by atoms with E-state index in [0.29, 0.717) is 6.42 Å². The molecule has 22 heavy (non-hydrogen) atoms. The average Bonchev–Trinajstić information content (AvgIpc) is 2.54. The second-order valence-corrected chi connectivity index (χ2v) is 4.71. The zero-order chi connectivity index (χ0) is 15.8. The Morgan fingerprint density at radius 1 is 1.09 bits per heavy atom. The maximum Gasteiger partial charge on any atom is 0.404 e. The summed E-state index contributed by atoms with van der Waals surface area (Å²) in [6.45, 7) is 0.0798. The highest BCUT2D eigenvalue weighted by Crippen LogP contribution is 2.17. The molecular weight excluding hydrogens is 278 g/mol. The minimum atomic E-state index is -0.838. The molecule has 0 aliphatic carbocycles. The van der Waals surface area contributed by atoms with Crippen LogP contribution in [0.3, 0.4) is 0 Å². The van der Waals surface area contributed by atoms with E-state index in [1.54, 1.807) is 0 Å². The van der Waals surface area contributed by atoms with Crippen LogP contribution < -0.4 is 5.73 Å². The van der Waals surface area contributed by atoms with Gasteiger partial charge in [-0.15, -0.1) is 0 Å². The van der Waals surface area contributed by atoms with Crippen molar-refractivity contribution in [2.75, 3.05) is 6.61 Å². The molecule has 0 saturated carbocycles. The quantitative estimate of drug-likeness (QED) is 0.852. The Hall–Kier alpha value is -2.77. The Labute approximate surface area is 129 Å². The number of primary amides is 1. The molecule has 0 aliphatic rings. The minimum absolute atomic E-state index is 0.0798. The number of hydrogen-bond donors (Lipinski definition) is 2. The van der Waals surface area contributed by atoms with Gasteiger partial charge in [0.25, 0.3) is 0 Å². The van der Waals surface area contributed by atoms with Gasteiger partial charge in [0.05, 0.1) is 12.7 Å². The Morgan fingerprint density at radius 3 is 2.50 bits per heavy atom. The van der Waals surface area contributed by atoms with Crippen LogP contribution in [0.2, 0.25) is 0 Å². The molecule has 2 aromatic rings. The first-order valence-electron chi connectivity index (χ1n) is 6.92. The van der Waals surface area contributed by atoms with Gasteiger partial charge in [-0.2, -0.15) is 0 Å². The topological polar surface area (TPSA) is 72.6 Å². The molecular formula is C18H17NO3. The van der Waals surface area contributed by atoms with Crippen LogP contribution in [0.4, 0.5) is 4.79 Å². The van der Waals surface area contributed by atoms with Crippen molar-refractivity contribution in [3.05, 3.63) is 71.3 Å². The Kier molecular flexibility index (Phi) is 5.58. The monoisotopic (exact) mass is 295 g/mol. The van der Waals surface area contributed by atoms with E-state index in [2.05, 4.69) is 16.6 Å². The molecule has 0 radical (unpaired) electrons. The zero-order valence-electron chi connectivity index (χ0n) is 12.0. The number of ether oxygens (including phenoxy) is 1. The first-order chi connectivity index (χ1) is 10.6. The summed E-state index contributed by atoms with van der Waals surface area (Å²) in [6.07, 6.45) is -1.27. The van der Waals surface area contributed by atoms with E-state index in [0.717, 1.165) is 16.7 Å². The predicted octanol–water partition coefficient (Wildman–Crippen LogP) is 2.61. The van der Waals surface area contributed by atoms with Gasteiger partial charge in [-0.05, 0) is 29.8 Å². The fourth-order valence-electron chi connectivity index (χ4n) is 1.93. The summed E-state index contributed by atoms with van der Waals surface area (Å²) in [5.41, 5.74) is 7.35. The van der Waals surface area contributed by atoms with E-state index < -0.39 is 12.2 Å². The molecule has 4 nitrogen and oxygen atoms in total. The lowest BCUT2D eigenvalue weighted by Crippen LogP contribution is -2.15. The van der Waals surface area contributed by atoms with E-state index in [-0.39, 0.29) is 6.61 Å². The smallest absolute Gasteiger partial charge is 0.404 e. The third-order valence-corrected chi connectivity index (χ3v) is 3.03. The van der Waals surface area contributed by atoms with Gasteiger partial charge >= 0.3 is 6.09 Å². The van der Waals surface area contributed by atoms with Crippen molar-refractivity contribution in [2.24, 2.45) is 5.73 Å². The maximum absolute atomic E-state index is 10.5. The number of rotatable bonds is 4. The molecule has 0 heterocycles. The first-order valence-corrected chi connectivity index (χ1v) is 6.92. The van der Waals surface area contributed by atoms with Crippen LogP contribution in [0, 0.1) is 11.8 Å². The van der Waals surface area contributed by atoms with Crippen molar-refractivity contribution in [3.8, 4) is 11.8 Å². The molecule has 1 amide bonds. The van der Waals surface area contributed by atoms with Gasteiger partial charge in [0.15, 0.2) is 0 Å². The lowest BCUT2D eigenvalue weighted by molar-refractivity contribution is 0.111. The van der Waals surface area contributed by atoms with E-state index in [9.17, 15) is 9.90 Å². The number of benzene rings is 2. The number of nitrogens with two attached hydrogens (primary N) is 1. The van der Waals surface area contributed by atoms with Crippen molar-refractivity contribution < 1.29 is 14.6 Å². The van der Waals surface area contributed by atoms with Crippen molar-refractivity contribution in [3.63, 3.8) is 0 Å². The maximum atomic E-state index is 10.5. The van der Waals surface area contributed by atoms with Gasteiger partial charge in [-0.25, -0.2) is 4.79 Å². The molecule has 0 bridgehead atoms. The molecule has 0 aromatic heterocycles. The summed E-state index contributed by atoms with van der Waals surface area (Å²) in [5.74, 6) is 6.13. The van der Waals surface area contributed by atoms with Crippen molar-refractivity contribution in [1.29, 1.82) is 0 Å². The molecule has 3 N–H and O–H groups in total. The highest BCUT2D eigenvalue weighted by molar-refractivity contribution is 5.64.